The van der Waals surface area contributed by atoms with E-state index in [2.05, 4.69) is 29.6 Å². The van der Waals surface area contributed by atoms with E-state index in [0.29, 0.717) is 18.7 Å². The van der Waals surface area contributed by atoms with Crippen LogP contribution in [0.2, 0.25) is 0 Å². The molecule has 142 valence electrons. The maximum Gasteiger partial charge on any atom is 0.335 e. The highest BCUT2D eigenvalue weighted by Crippen LogP contribution is 2.32. The standard InChI is InChI=1S/C22H25NO4/c24-21(15-17-8-2-4-11-19(17)22(25)26)23-13-6-14-27-20-12-5-9-16-7-1-3-10-18(16)20/h1-4,7-8,10-11,20H,5-6,9,12-15H2,(H,23,24)(H,25,26). The number of carboxylic acid groups (broad SMARTS) is 1. The molecule has 5 heteroatoms. The third kappa shape index (κ3) is 5.17. The summed E-state index contributed by atoms with van der Waals surface area (Å²) in [5, 5.41) is 12.0. The van der Waals surface area contributed by atoms with E-state index < -0.39 is 5.97 Å². The van der Waals surface area contributed by atoms with Crippen molar-refractivity contribution in [1.82, 2.24) is 5.32 Å². The maximum atomic E-state index is 12.1. The first-order valence-electron chi connectivity index (χ1n) is 9.42. The second-order valence-electron chi connectivity index (χ2n) is 6.79. The van der Waals surface area contributed by atoms with Crippen molar-refractivity contribution >= 4 is 11.9 Å². The highest BCUT2D eigenvalue weighted by molar-refractivity contribution is 5.91. The summed E-state index contributed by atoms with van der Waals surface area (Å²) < 4.78 is 6.03. The summed E-state index contributed by atoms with van der Waals surface area (Å²) >= 11 is 0. The lowest BCUT2D eigenvalue weighted by Gasteiger charge is -2.25. The summed E-state index contributed by atoms with van der Waals surface area (Å²) in [6.07, 6.45) is 4.23. The summed E-state index contributed by atoms with van der Waals surface area (Å²) in [5.41, 5.74) is 3.36. The third-order valence-corrected chi connectivity index (χ3v) is 4.88. The van der Waals surface area contributed by atoms with Crippen LogP contribution in [-0.2, 0) is 22.4 Å². The molecule has 1 unspecified atom stereocenters. The number of rotatable bonds is 8. The Labute approximate surface area is 159 Å². The molecule has 0 saturated heterocycles. The quantitative estimate of drug-likeness (QED) is 0.700. The fourth-order valence-electron chi connectivity index (χ4n) is 3.53. The van der Waals surface area contributed by atoms with Crippen molar-refractivity contribution in [3.63, 3.8) is 0 Å². The second-order valence-corrected chi connectivity index (χ2v) is 6.79. The molecule has 0 saturated carbocycles. The number of aryl methyl sites for hydroxylation is 1. The Morgan fingerprint density at radius 1 is 1.11 bits per heavy atom. The Morgan fingerprint density at radius 3 is 2.74 bits per heavy atom. The van der Waals surface area contributed by atoms with Gasteiger partial charge in [0.25, 0.3) is 0 Å². The first-order valence-corrected chi connectivity index (χ1v) is 9.42. The van der Waals surface area contributed by atoms with Crippen molar-refractivity contribution in [2.45, 2.75) is 38.2 Å². The number of nitrogens with one attached hydrogen (secondary N) is 1. The van der Waals surface area contributed by atoms with Crippen molar-refractivity contribution in [3.8, 4) is 0 Å². The zero-order chi connectivity index (χ0) is 19.1. The van der Waals surface area contributed by atoms with Gasteiger partial charge in [-0.2, -0.15) is 0 Å². The highest BCUT2D eigenvalue weighted by Gasteiger charge is 2.19. The lowest BCUT2D eigenvalue weighted by molar-refractivity contribution is -0.120. The van der Waals surface area contributed by atoms with Gasteiger partial charge in [0.15, 0.2) is 0 Å². The van der Waals surface area contributed by atoms with Gasteiger partial charge in [0.1, 0.15) is 0 Å². The Balaban J connectivity index is 1.40. The number of carbonyl (C=O) groups is 2. The monoisotopic (exact) mass is 367 g/mol. The fourth-order valence-corrected chi connectivity index (χ4v) is 3.53. The zero-order valence-corrected chi connectivity index (χ0v) is 15.3. The summed E-state index contributed by atoms with van der Waals surface area (Å²) in [4.78, 5) is 23.3. The van der Waals surface area contributed by atoms with Crippen molar-refractivity contribution in [2.75, 3.05) is 13.2 Å². The van der Waals surface area contributed by atoms with Crippen LogP contribution in [0.15, 0.2) is 48.5 Å². The minimum Gasteiger partial charge on any atom is -0.478 e. The van der Waals surface area contributed by atoms with Crippen LogP contribution in [0, 0.1) is 0 Å². The van der Waals surface area contributed by atoms with Crippen LogP contribution in [-0.4, -0.2) is 30.1 Å². The first kappa shape index (κ1) is 19.1. The van der Waals surface area contributed by atoms with Gasteiger partial charge in [-0.1, -0.05) is 42.5 Å². The Bertz CT molecular complexity index is 802. The van der Waals surface area contributed by atoms with E-state index in [1.165, 1.54) is 17.2 Å². The molecule has 1 aliphatic rings. The number of ether oxygens (including phenoxy) is 1. The lowest BCUT2D eigenvalue weighted by Crippen LogP contribution is -2.27. The molecule has 0 fully saturated rings. The molecular weight excluding hydrogens is 342 g/mol. The number of hydrogen-bond donors (Lipinski definition) is 2. The number of aromatic carboxylic acids is 1. The van der Waals surface area contributed by atoms with Crippen LogP contribution in [0.4, 0.5) is 0 Å². The fraction of sp³-hybridized carbons (Fsp3) is 0.364. The van der Waals surface area contributed by atoms with Gasteiger partial charge in [-0.25, -0.2) is 4.79 Å². The Morgan fingerprint density at radius 2 is 1.89 bits per heavy atom. The van der Waals surface area contributed by atoms with E-state index in [1.54, 1.807) is 18.2 Å². The predicted octanol–water partition coefficient (Wildman–Crippen LogP) is 3.53. The molecule has 1 amide bonds. The van der Waals surface area contributed by atoms with E-state index in [1.807, 2.05) is 0 Å². The van der Waals surface area contributed by atoms with Crippen molar-refractivity contribution in [1.29, 1.82) is 0 Å². The molecular formula is C22H25NO4. The van der Waals surface area contributed by atoms with Gasteiger partial charge < -0.3 is 15.2 Å². The highest BCUT2D eigenvalue weighted by atomic mass is 16.5. The minimum atomic E-state index is -1.01. The van der Waals surface area contributed by atoms with Crippen LogP contribution in [0.25, 0.3) is 0 Å². The van der Waals surface area contributed by atoms with Gasteiger partial charge in [0.05, 0.1) is 18.1 Å². The van der Waals surface area contributed by atoms with Gasteiger partial charge in [-0.15, -0.1) is 0 Å². The molecule has 0 spiro atoms. The summed E-state index contributed by atoms with van der Waals surface area (Å²) in [6, 6.07) is 15.0. The molecule has 27 heavy (non-hydrogen) atoms. The molecule has 3 rings (SSSR count). The molecule has 5 nitrogen and oxygen atoms in total. The van der Waals surface area contributed by atoms with E-state index in [0.717, 1.165) is 25.7 Å². The molecule has 2 aromatic carbocycles. The lowest BCUT2D eigenvalue weighted by atomic mass is 9.89. The average Bonchev–Trinajstić information content (AvgIpc) is 2.68. The second kappa shape index (κ2) is 9.33. The predicted molar refractivity (Wildman–Crippen MR) is 103 cm³/mol. The smallest absolute Gasteiger partial charge is 0.335 e. The molecule has 2 N–H and O–H groups in total. The number of carbonyl (C=O) groups excluding carboxylic acids is 1. The average molecular weight is 367 g/mol. The van der Waals surface area contributed by atoms with Crippen LogP contribution in [0.1, 0.15) is 52.4 Å². The molecule has 0 bridgehead atoms. The largest absolute Gasteiger partial charge is 0.478 e. The molecule has 1 atom stereocenters. The summed E-state index contributed by atoms with van der Waals surface area (Å²) in [5.74, 6) is -1.19. The Kier molecular flexibility index (Phi) is 6.60. The first-order chi connectivity index (χ1) is 13.1. The molecule has 0 radical (unpaired) electrons. The van der Waals surface area contributed by atoms with Gasteiger partial charge in [-0.05, 0) is 48.4 Å². The SMILES string of the molecule is O=C(Cc1ccccc1C(=O)O)NCCCOC1CCCc2ccccc21. The van der Waals surface area contributed by atoms with Crippen LogP contribution in [0.5, 0.6) is 0 Å². The number of hydrogen-bond acceptors (Lipinski definition) is 3. The van der Waals surface area contributed by atoms with Crippen molar-refractivity contribution in [2.24, 2.45) is 0 Å². The van der Waals surface area contributed by atoms with Crippen molar-refractivity contribution in [3.05, 3.63) is 70.8 Å². The van der Waals surface area contributed by atoms with Gasteiger partial charge in [0.2, 0.25) is 5.91 Å². The summed E-state index contributed by atoms with van der Waals surface area (Å²) in [7, 11) is 0. The minimum absolute atomic E-state index is 0.0688. The van der Waals surface area contributed by atoms with E-state index in [4.69, 9.17) is 9.84 Å². The van der Waals surface area contributed by atoms with E-state index in [-0.39, 0.29) is 24.0 Å². The zero-order valence-electron chi connectivity index (χ0n) is 15.3. The molecule has 1 aliphatic carbocycles. The summed E-state index contributed by atoms with van der Waals surface area (Å²) in [6.45, 7) is 1.10. The number of benzene rings is 2. The normalized spacial score (nSPS) is 15.8. The number of carboxylic acids is 1. The maximum absolute atomic E-state index is 12.1. The third-order valence-electron chi connectivity index (χ3n) is 4.88. The molecule has 0 aromatic heterocycles. The van der Waals surface area contributed by atoms with Crippen LogP contribution < -0.4 is 5.32 Å². The van der Waals surface area contributed by atoms with Gasteiger partial charge >= 0.3 is 5.97 Å². The van der Waals surface area contributed by atoms with E-state index in [9.17, 15) is 9.59 Å². The molecule has 0 aliphatic heterocycles. The molecule has 0 heterocycles. The number of amides is 1. The molecule has 2 aromatic rings. The van der Waals surface area contributed by atoms with Gasteiger partial charge in [-0.3, -0.25) is 4.79 Å². The van der Waals surface area contributed by atoms with Crippen molar-refractivity contribution < 1.29 is 19.4 Å². The van der Waals surface area contributed by atoms with E-state index >= 15 is 0 Å². The number of fused-ring (bicyclic) bond motifs is 1. The van der Waals surface area contributed by atoms with Crippen LogP contribution in [0.3, 0.4) is 0 Å². The Hall–Kier alpha value is -2.66. The van der Waals surface area contributed by atoms with Crippen LogP contribution >= 0.6 is 0 Å². The topological polar surface area (TPSA) is 75.6 Å². The van der Waals surface area contributed by atoms with Gasteiger partial charge in [0, 0.05) is 13.2 Å².